The van der Waals surface area contributed by atoms with Crippen molar-refractivity contribution < 1.29 is 13.9 Å². The number of rotatable bonds is 8. The molecule has 0 radical (unpaired) electrons. The zero-order chi connectivity index (χ0) is 24.8. The topological polar surface area (TPSA) is 81.4 Å². The van der Waals surface area contributed by atoms with E-state index in [2.05, 4.69) is 20.7 Å². The molecule has 11 heteroatoms. The maximum atomic E-state index is 13.8. The molecule has 0 aliphatic heterocycles. The minimum absolute atomic E-state index is 0.00329. The maximum absolute atomic E-state index is 13.8. The third kappa shape index (κ3) is 6.00. The lowest BCUT2D eigenvalue weighted by molar-refractivity contribution is -0.118. The van der Waals surface area contributed by atoms with Crippen molar-refractivity contribution in [1.82, 2.24) is 20.2 Å². The van der Waals surface area contributed by atoms with Gasteiger partial charge in [-0.15, -0.1) is 10.2 Å². The van der Waals surface area contributed by atoms with Crippen LogP contribution in [0.4, 0.5) is 4.39 Å². The minimum Gasteiger partial charge on any atom is -0.497 e. The van der Waals surface area contributed by atoms with Crippen LogP contribution in [0.25, 0.3) is 17.1 Å². The van der Waals surface area contributed by atoms with E-state index in [4.69, 9.17) is 27.9 Å². The number of hydrazone groups is 1. The summed E-state index contributed by atoms with van der Waals surface area (Å²) in [5.74, 6) is 0.360. The SMILES string of the molecule is COc1ccc(-c2nnc(SCC(=O)N/N=C\c3c(F)cccc3Cl)n2-c2ccc(Cl)cc2)cc1. The van der Waals surface area contributed by atoms with Gasteiger partial charge in [0.1, 0.15) is 11.6 Å². The lowest BCUT2D eigenvalue weighted by atomic mass is 10.2. The predicted molar refractivity (Wildman–Crippen MR) is 136 cm³/mol. The van der Waals surface area contributed by atoms with Crippen LogP contribution in [0.5, 0.6) is 5.75 Å². The first-order chi connectivity index (χ1) is 17.0. The van der Waals surface area contributed by atoms with Gasteiger partial charge in [-0.3, -0.25) is 9.36 Å². The summed E-state index contributed by atoms with van der Waals surface area (Å²) in [6.07, 6.45) is 1.16. The summed E-state index contributed by atoms with van der Waals surface area (Å²) in [5, 5.41) is 13.7. The van der Waals surface area contributed by atoms with Gasteiger partial charge in [0.25, 0.3) is 5.91 Å². The second-order valence-electron chi connectivity index (χ2n) is 7.06. The van der Waals surface area contributed by atoms with Gasteiger partial charge < -0.3 is 4.74 Å². The van der Waals surface area contributed by atoms with Crippen molar-refractivity contribution in [2.45, 2.75) is 5.16 Å². The van der Waals surface area contributed by atoms with Crippen LogP contribution >= 0.6 is 35.0 Å². The number of nitrogens with one attached hydrogen (secondary N) is 1. The average molecular weight is 530 g/mol. The molecule has 0 aliphatic carbocycles. The van der Waals surface area contributed by atoms with E-state index in [1.165, 1.54) is 30.0 Å². The minimum atomic E-state index is -0.535. The normalized spacial score (nSPS) is 11.1. The van der Waals surface area contributed by atoms with Crippen molar-refractivity contribution in [2.75, 3.05) is 12.9 Å². The summed E-state index contributed by atoms with van der Waals surface area (Å²) in [6, 6.07) is 18.9. The van der Waals surface area contributed by atoms with E-state index in [9.17, 15) is 9.18 Å². The number of ether oxygens (including phenoxy) is 1. The number of methoxy groups -OCH3 is 1. The van der Waals surface area contributed by atoms with Crippen molar-refractivity contribution in [1.29, 1.82) is 0 Å². The molecule has 0 saturated heterocycles. The molecule has 1 heterocycles. The van der Waals surface area contributed by atoms with Crippen LogP contribution in [-0.2, 0) is 4.79 Å². The molecule has 4 aromatic rings. The van der Waals surface area contributed by atoms with Gasteiger partial charge in [0.2, 0.25) is 0 Å². The number of carbonyl (C=O) groups excluding carboxylic acids is 1. The third-order valence-electron chi connectivity index (χ3n) is 4.78. The Bertz CT molecular complexity index is 1340. The average Bonchev–Trinajstić information content (AvgIpc) is 3.29. The second kappa shape index (κ2) is 11.4. The molecule has 0 unspecified atom stereocenters. The van der Waals surface area contributed by atoms with Gasteiger partial charge in [-0.05, 0) is 60.7 Å². The Morgan fingerprint density at radius 3 is 2.54 bits per heavy atom. The molecule has 0 spiro atoms. The number of nitrogens with zero attached hydrogens (tertiary/aromatic N) is 4. The Kier molecular flexibility index (Phi) is 8.02. The van der Waals surface area contributed by atoms with Crippen LogP contribution in [0.3, 0.4) is 0 Å². The Morgan fingerprint density at radius 1 is 1.11 bits per heavy atom. The quantitative estimate of drug-likeness (QED) is 0.181. The zero-order valence-corrected chi connectivity index (χ0v) is 20.6. The number of carbonyl (C=O) groups is 1. The van der Waals surface area contributed by atoms with Crippen molar-refractivity contribution in [3.05, 3.63) is 88.2 Å². The Morgan fingerprint density at radius 2 is 1.86 bits per heavy atom. The molecule has 35 heavy (non-hydrogen) atoms. The fourth-order valence-corrected chi connectivity index (χ4v) is 4.16. The number of aromatic nitrogens is 3. The molecule has 1 aromatic heterocycles. The molecule has 0 atom stereocenters. The molecule has 1 amide bonds. The highest BCUT2D eigenvalue weighted by Crippen LogP contribution is 2.29. The number of halogens is 3. The highest BCUT2D eigenvalue weighted by atomic mass is 35.5. The summed E-state index contributed by atoms with van der Waals surface area (Å²) < 4.78 is 20.9. The van der Waals surface area contributed by atoms with Gasteiger partial charge in [0.05, 0.1) is 24.1 Å². The number of hydrogen-bond donors (Lipinski definition) is 1. The van der Waals surface area contributed by atoms with Crippen molar-refractivity contribution in [2.24, 2.45) is 5.10 Å². The predicted octanol–water partition coefficient (Wildman–Crippen LogP) is 5.63. The summed E-state index contributed by atoms with van der Waals surface area (Å²) in [4.78, 5) is 12.4. The zero-order valence-electron chi connectivity index (χ0n) is 18.3. The first-order valence-corrected chi connectivity index (χ1v) is 11.9. The van der Waals surface area contributed by atoms with E-state index in [0.29, 0.717) is 16.0 Å². The molecule has 1 N–H and O–H groups in total. The summed E-state index contributed by atoms with van der Waals surface area (Å²) in [6.45, 7) is 0. The first kappa shape index (κ1) is 24.7. The van der Waals surface area contributed by atoms with Gasteiger partial charge >= 0.3 is 0 Å². The van der Waals surface area contributed by atoms with Crippen molar-refractivity contribution >= 4 is 47.1 Å². The van der Waals surface area contributed by atoms with Crippen molar-refractivity contribution in [3.8, 4) is 22.8 Å². The van der Waals surface area contributed by atoms with Gasteiger partial charge in [-0.2, -0.15) is 5.10 Å². The van der Waals surface area contributed by atoms with Crippen LogP contribution in [0.2, 0.25) is 10.0 Å². The van der Waals surface area contributed by atoms with E-state index < -0.39 is 11.7 Å². The summed E-state index contributed by atoms with van der Waals surface area (Å²) in [7, 11) is 1.60. The Hall–Kier alpha value is -3.40. The van der Waals surface area contributed by atoms with E-state index in [0.717, 1.165) is 23.2 Å². The standard InChI is InChI=1S/C24H18Cl2FN5O2S/c1-34-18-11-5-15(6-12-18)23-30-31-24(32(23)17-9-7-16(25)8-10-17)35-14-22(33)29-28-13-19-20(26)3-2-4-21(19)27/h2-13H,14H2,1H3,(H,29,33)/b28-13-. The molecule has 0 bridgehead atoms. The molecule has 178 valence electrons. The smallest absolute Gasteiger partial charge is 0.250 e. The highest BCUT2D eigenvalue weighted by Gasteiger charge is 2.17. The second-order valence-corrected chi connectivity index (χ2v) is 8.85. The van der Waals surface area contributed by atoms with Crippen LogP contribution in [0, 0.1) is 5.82 Å². The lowest BCUT2D eigenvalue weighted by Gasteiger charge is -2.11. The Labute approximate surface area is 214 Å². The van der Waals surface area contributed by atoms with Crippen LogP contribution in [0.15, 0.2) is 77.0 Å². The molecule has 7 nitrogen and oxygen atoms in total. The first-order valence-electron chi connectivity index (χ1n) is 10.2. The summed E-state index contributed by atoms with van der Waals surface area (Å²) >= 11 is 13.2. The van der Waals surface area contributed by atoms with E-state index in [-0.39, 0.29) is 16.3 Å². The van der Waals surface area contributed by atoms with Crippen LogP contribution in [0.1, 0.15) is 5.56 Å². The van der Waals surface area contributed by atoms with Gasteiger partial charge in [-0.1, -0.05) is 41.0 Å². The molecular formula is C24H18Cl2FN5O2S. The number of thioether (sulfide) groups is 1. The highest BCUT2D eigenvalue weighted by molar-refractivity contribution is 7.99. The van der Waals surface area contributed by atoms with Gasteiger partial charge in [0.15, 0.2) is 11.0 Å². The van der Waals surface area contributed by atoms with Crippen molar-refractivity contribution in [3.63, 3.8) is 0 Å². The fraction of sp³-hybridized carbons (Fsp3) is 0.0833. The molecule has 4 rings (SSSR count). The van der Waals surface area contributed by atoms with E-state index in [1.54, 1.807) is 19.2 Å². The lowest BCUT2D eigenvalue weighted by Crippen LogP contribution is -2.20. The summed E-state index contributed by atoms with van der Waals surface area (Å²) in [5.41, 5.74) is 4.05. The Balaban J connectivity index is 1.53. The van der Waals surface area contributed by atoms with Crippen LogP contribution in [-0.4, -0.2) is 39.7 Å². The number of amides is 1. The van der Waals surface area contributed by atoms with E-state index >= 15 is 0 Å². The monoisotopic (exact) mass is 529 g/mol. The number of hydrogen-bond acceptors (Lipinski definition) is 6. The largest absolute Gasteiger partial charge is 0.497 e. The number of benzene rings is 3. The molecule has 0 aliphatic rings. The molecule has 3 aromatic carbocycles. The maximum Gasteiger partial charge on any atom is 0.250 e. The van der Waals surface area contributed by atoms with Gasteiger partial charge in [0, 0.05) is 21.8 Å². The molecule has 0 fully saturated rings. The third-order valence-corrected chi connectivity index (χ3v) is 6.29. The molecule has 0 saturated carbocycles. The van der Waals surface area contributed by atoms with E-state index in [1.807, 2.05) is 41.0 Å². The van der Waals surface area contributed by atoms with Crippen LogP contribution < -0.4 is 10.2 Å². The van der Waals surface area contributed by atoms with Gasteiger partial charge in [-0.25, -0.2) is 9.82 Å². The fourth-order valence-electron chi connectivity index (χ4n) is 3.08. The molecular weight excluding hydrogens is 512 g/mol.